The Balaban J connectivity index is 3.07. The first-order chi connectivity index (χ1) is 8.40. The van der Waals surface area contributed by atoms with Gasteiger partial charge in [0.2, 0.25) is 3.79 Å². The number of halogens is 4. The van der Waals surface area contributed by atoms with E-state index in [1.807, 2.05) is 6.92 Å². The molecule has 0 aliphatic heterocycles. The van der Waals surface area contributed by atoms with Crippen LogP contribution in [0.4, 0.5) is 0 Å². The summed E-state index contributed by atoms with van der Waals surface area (Å²) in [6, 6.07) is 6.85. The van der Waals surface area contributed by atoms with Crippen molar-refractivity contribution in [2.45, 2.75) is 16.6 Å². The van der Waals surface area contributed by atoms with Crippen LogP contribution in [0.1, 0.15) is 18.4 Å². The van der Waals surface area contributed by atoms with Crippen LogP contribution in [-0.4, -0.2) is 20.8 Å². The van der Waals surface area contributed by atoms with Gasteiger partial charge in [0, 0.05) is 0 Å². The van der Waals surface area contributed by atoms with E-state index in [4.69, 9.17) is 56.3 Å². The topological polar surface area (TPSA) is 41.8 Å². The molecule has 0 amide bonds. The van der Waals surface area contributed by atoms with Gasteiger partial charge in [-0.3, -0.25) is 0 Å². The monoisotopic (exact) mass is 329 g/mol. The number of benzene rings is 1. The smallest absolute Gasteiger partial charge is 0.203 e. The van der Waals surface area contributed by atoms with Gasteiger partial charge in [-0.05, 0) is 24.6 Å². The third kappa shape index (κ3) is 4.09. The summed E-state index contributed by atoms with van der Waals surface area (Å²) in [5.41, 5.74) is 0.612. The molecule has 0 aliphatic rings. The molecule has 0 saturated carbocycles. The second-order valence-electron chi connectivity index (χ2n) is 3.40. The van der Waals surface area contributed by atoms with Crippen LogP contribution in [-0.2, 0) is 0 Å². The maximum atomic E-state index is 8.72. The van der Waals surface area contributed by atoms with Crippen LogP contribution in [0, 0.1) is 0 Å². The summed E-state index contributed by atoms with van der Waals surface area (Å²) in [5, 5.41) is 11.4. The molecule has 1 aromatic rings. The highest BCUT2D eigenvalue weighted by molar-refractivity contribution is 6.74. The Labute approximate surface area is 125 Å². The lowest BCUT2D eigenvalue weighted by Crippen LogP contribution is -2.22. The van der Waals surface area contributed by atoms with E-state index >= 15 is 0 Å². The van der Waals surface area contributed by atoms with E-state index in [0.29, 0.717) is 17.9 Å². The van der Waals surface area contributed by atoms with Crippen LogP contribution in [0.2, 0.25) is 0 Å². The van der Waals surface area contributed by atoms with Crippen LogP contribution in [0.3, 0.4) is 0 Å². The van der Waals surface area contributed by atoms with Crippen molar-refractivity contribution < 1.29 is 9.94 Å². The molecule has 1 rings (SSSR count). The lowest BCUT2D eigenvalue weighted by Gasteiger charge is -2.22. The van der Waals surface area contributed by atoms with Crippen molar-refractivity contribution in [2.75, 3.05) is 6.61 Å². The van der Waals surface area contributed by atoms with Gasteiger partial charge in [0.25, 0.3) is 0 Å². The molecule has 7 heteroatoms. The molecule has 0 fully saturated rings. The highest BCUT2D eigenvalue weighted by atomic mass is 35.6. The first-order valence-electron chi connectivity index (χ1n) is 5.07. The Hall–Kier alpha value is -0.350. The normalized spacial score (nSPS) is 14.4. The highest BCUT2D eigenvalue weighted by Gasteiger charge is 2.37. The van der Waals surface area contributed by atoms with Crippen molar-refractivity contribution >= 4 is 51.6 Å². The van der Waals surface area contributed by atoms with Crippen LogP contribution < -0.4 is 4.74 Å². The molecule has 1 atom stereocenters. The molecule has 1 aromatic carbocycles. The van der Waals surface area contributed by atoms with E-state index in [2.05, 4.69) is 5.16 Å². The van der Waals surface area contributed by atoms with Crippen LogP contribution >= 0.6 is 46.4 Å². The summed E-state index contributed by atoms with van der Waals surface area (Å²) in [5.74, 6) is -0.147. The predicted molar refractivity (Wildman–Crippen MR) is 75.7 cm³/mol. The van der Waals surface area contributed by atoms with Gasteiger partial charge >= 0.3 is 0 Å². The van der Waals surface area contributed by atoms with Gasteiger partial charge in [-0.15, -0.1) is 0 Å². The number of rotatable bonds is 4. The predicted octanol–water partition coefficient (Wildman–Crippen LogP) is 4.57. The molecular weight excluding hydrogens is 320 g/mol. The average molecular weight is 331 g/mol. The van der Waals surface area contributed by atoms with E-state index < -0.39 is 9.71 Å². The van der Waals surface area contributed by atoms with Gasteiger partial charge in [0.15, 0.2) is 5.17 Å². The zero-order valence-electron chi connectivity index (χ0n) is 9.41. The largest absolute Gasteiger partial charge is 0.494 e. The molecule has 0 spiro atoms. The molecule has 0 aliphatic carbocycles. The first kappa shape index (κ1) is 15.7. The molecule has 0 saturated heterocycles. The molecule has 100 valence electrons. The van der Waals surface area contributed by atoms with Crippen LogP contribution in [0.5, 0.6) is 5.75 Å². The minimum atomic E-state index is -1.71. The van der Waals surface area contributed by atoms with E-state index in [0.717, 1.165) is 0 Å². The van der Waals surface area contributed by atoms with Gasteiger partial charge in [0.05, 0.1) is 12.5 Å². The molecular formula is C11H11Cl4NO2. The zero-order valence-corrected chi connectivity index (χ0v) is 12.4. The summed E-state index contributed by atoms with van der Waals surface area (Å²) >= 11 is 23.3. The number of nitrogens with zero attached hydrogens (tertiary/aromatic N) is 1. The molecule has 0 radical (unpaired) electrons. The Bertz CT molecular complexity index is 414. The Morgan fingerprint density at radius 2 is 1.89 bits per heavy atom. The van der Waals surface area contributed by atoms with E-state index in [-0.39, 0.29) is 5.17 Å². The van der Waals surface area contributed by atoms with Crippen molar-refractivity contribution in [3.05, 3.63) is 29.8 Å². The molecule has 0 heterocycles. The van der Waals surface area contributed by atoms with Gasteiger partial charge in [0.1, 0.15) is 5.75 Å². The van der Waals surface area contributed by atoms with Crippen molar-refractivity contribution in [2.24, 2.45) is 5.16 Å². The second-order valence-corrected chi connectivity index (χ2v) is 6.16. The third-order valence-electron chi connectivity index (χ3n) is 2.19. The van der Waals surface area contributed by atoms with Gasteiger partial charge < -0.3 is 9.94 Å². The minimum Gasteiger partial charge on any atom is -0.494 e. The molecule has 1 N–H and O–H groups in total. The number of alkyl halides is 3. The Morgan fingerprint density at radius 1 is 1.33 bits per heavy atom. The first-order valence-corrected chi connectivity index (χ1v) is 6.58. The van der Waals surface area contributed by atoms with Crippen LogP contribution in [0.15, 0.2) is 29.4 Å². The number of hydrogen-bond donors (Lipinski definition) is 1. The zero-order chi connectivity index (χ0) is 13.8. The van der Waals surface area contributed by atoms with Crippen molar-refractivity contribution in [1.29, 1.82) is 0 Å². The quantitative estimate of drug-likeness (QED) is 0.380. The Kier molecular flexibility index (Phi) is 5.86. The molecule has 0 bridgehead atoms. The number of oxime groups is 1. The fraction of sp³-hybridized carbons (Fsp3) is 0.364. The molecule has 3 nitrogen and oxygen atoms in total. The average Bonchev–Trinajstić information content (AvgIpc) is 2.30. The minimum absolute atomic E-state index is 0.195. The summed E-state index contributed by atoms with van der Waals surface area (Å²) in [6.07, 6.45) is 0. The lowest BCUT2D eigenvalue weighted by atomic mass is 10.0. The van der Waals surface area contributed by atoms with Crippen molar-refractivity contribution in [3.63, 3.8) is 0 Å². The number of hydrogen-bond acceptors (Lipinski definition) is 3. The van der Waals surface area contributed by atoms with Crippen molar-refractivity contribution in [1.82, 2.24) is 0 Å². The molecule has 18 heavy (non-hydrogen) atoms. The Morgan fingerprint density at radius 3 is 2.28 bits per heavy atom. The maximum Gasteiger partial charge on any atom is 0.203 e. The van der Waals surface area contributed by atoms with E-state index in [1.54, 1.807) is 24.3 Å². The van der Waals surface area contributed by atoms with E-state index in [9.17, 15) is 0 Å². The van der Waals surface area contributed by atoms with Crippen molar-refractivity contribution in [3.8, 4) is 5.75 Å². The van der Waals surface area contributed by atoms with E-state index in [1.165, 1.54) is 0 Å². The fourth-order valence-electron chi connectivity index (χ4n) is 1.44. The van der Waals surface area contributed by atoms with Gasteiger partial charge in [-0.1, -0.05) is 63.7 Å². The van der Waals surface area contributed by atoms with Gasteiger partial charge in [-0.2, -0.15) is 0 Å². The third-order valence-corrected chi connectivity index (χ3v) is 3.13. The van der Waals surface area contributed by atoms with Crippen LogP contribution in [0.25, 0.3) is 0 Å². The van der Waals surface area contributed by atoms with Gasteiger partial charge in [-0.25, -0.2) is 0 Å². The second kappa shape index (κ2) is 6.71. The fourth-order valence-corrected chi connectivity index (χ4v) is 2.59. The maximum absolute atomic E-state index is 8.72. The summed E-state index contributed by atoms with van der Waals surface area (Å²) in [7, 11) is 0. The standard InChI is InChI=1S/C11H11Cl4NO2/c1-2-18-8-5-3-7(4-6-8)9(10(12)16-17)11(13,14)15/h3-6,9,17H,2H2,1H3/b16-10-/t9-/m1/s1. The summed E-state index contributed by atoms with van der Waals surface area (Å²) < 4.78 is 3.59. The summed E-state index contributed by atoms with van der Waals surface area (Å²) in [4.78, 5) is 0. The highest BCUT2D eigenvalue weighted by Crippen LogP contribution is 2.43. The number of ether oxygens (including phenoxy) is 1. The lowest BCUT2D eigenvalue weighted by molar-refractivity contribution is 0.318. The molecule has 0 aromatic heterocycles. The SMILES string of the molecule is CCOc1ccc([C@H](/C(Cl)=N/O)C(Cl)(Cl)Cl)cc1. The summed E-state index contributed by atoms with van der Waals surface area (Å²) in [6.45, 7) is 2.44. The molecule has 0 unspecified atom stereocenters.